The van der Waals surface area contributed by atoms with Crippen molar-refractivity contribution in [2.24, 2.45) is 0 Å². The molecule has 15 heteroatoms. The second kappa shape index (κ2) is 11.4. The molecule has 3 heterocycles. The normalized spacial score (nSPS) is 33.6. The number of ether oxygens (including phenoxy) is 2. The van der Waals surface area contributed by atoms with Gasteiger partial charge < -0.3 is 70.1 Å². The van der Waals surface area contributed by atoms with Gasteiger partial charge in [-0.25, -0.2) is 0 Å². The van der Waals surface area contributed by atoms with E-state index in [9.17, 15) is 61.0 Å². The van der Waals surface area contributed by atoms with Crippen LogP contribution in [0.5, 0.6) is 17.2 Å². The van der Waals surface area contributed by atoms with Crippen LogP contribution in [0.3, 0.4) is 0 Å². The Morgan fingerprint density at radius 3 is 1.64 bits per heavy atom. The largest absolute Gasteiger partial charge is 0.508 e. The fourth-order valence-electron chi connectivity index (χ4n) is 5.39. The zero-order chi connectivity index (χ0) is 30.6. The number of phenols is 3. The van der Waals surface area contributed by atoms with Crippen LogP contribution in [0.1, 0.15) is 23.3 Å². The number of hydrogen-bond donors (Lipinski definition) is 11. The van der Waals surface area contributed by atoms with Gasteiger partial charge in [-0.2, -0.15) is 0 Å². The third-order valence-corrected chi connectivity index (χ3v) is 7.70. The van der Waals surface area contributed by atoms with Crippen LogP contribution in [-0.2, 0) is 9.47 Å². The van der Waals surface area contributed by atoms with Gasteiger partial charge in [0.25, 0.3) is 0 Å². The molecule has 0 unspecified atom stereocenters. The maximum atomic E-state index is 13.5. The van der Waals surface area contributed by atoms with Gasteiger partial charge in [-0.15, -0.1) is 0 Å². The molecule has 11 N–H and O–H groups in total. The van der Waals surface area contributed by atoms with Crippen LogP contribution < -0.4 is 5.43 Å². The summed E-state index contributed by atoms with van der Waals surface area (Å²) in [5, 5.41) is 114. The van der Waals surface area contributed by atoms with Crippen LogP contribution in [0.4, 0.5) is 0 Å². The van der Waals surface area contributed by atoms with E-state index in [0.29, 0.717) is 0 Å². The van der Waals surface area contributed by atoms with E-state index in [1.807, 2.05) is 0 Å². The quantitative estimate of drug-likeness (QED) is 0.147. The van der Waals surface area contributed by atoms with Gasteiger partial charge in [0.15, 0.2) is 11.0 Å². The summed E-state index contributed by atoms with van der Waals surface area (Å²) >= 11 is 0. The summed E-state index contributed by atoms with van der Waals surface area (Å²) in [6.07, 6.45) is -18.2. The monoisotopic (exact) mass is 594 g/mol. The van der Waals surface area contributed by atoms with Gasteiger partial charge in [0, 0.05) is 11.6 Å². The highest BCUT2D eigenvalue weighted by Crippen LogP contribution is 2.51. The fraction of sp³-hybridized carbons (Fsp3) is 0.444. The number of rotatable bonds is 5. The molecule has 0 saturated carbocycles. The lowest BCUT2D eigenvalue weighted by Crippen LogP contribution is -2.55. The fourth-order valence-corrected chi connectivity index (χ4v) is 5.39. The predicted molar refractivity (Wildman–Crippen MR) is 138 cm³/mol. The predicted octanol–water partition coefficient (Wildman–Crippen LogP) is -2.39. The van der Waals surface area contributed by atoms with Gasteiger partial charge in [-0.1, -0.05) is 0 Å². The molecule has 0 spiro atoms. The highest BCUT2D eigenvalue weighted by atomic mass is 16.6. The zero-order valence-corrected chi connectivity index (χ0v) is 21.6. The first kappa shape index (κ1) is 30.1. The molecule has 1 aromatic heterocycles. The van der Waals surface area contributed by atoms with Crippen molar-refractivity contribution in [1.82, 2.24) is 0 Å². The van der Waals surface area contributed by atoms with Gasteiger partial charge in [0.05, 0.1) is 24.3 Å². The van der Waals surface area contributed by atoms with Gasteiger partial charge in [-0.3, -0.25) is 4.79 Å². The maximum absolute atomic E-state index is 13.5. The summed E-state index contributed by atoms with van der Waals surface area (Å²) in [5.74, 6) is -2.20. The molecule has 42 heavy (non-hydrogen) atoms. The molecule has 0 bridgehead atoms. The minimum absolute atomic E-state index is 0.0941. The zero-order valence-electron chi connectivity index (χ0n) is 21.6. The van der Waals surface area contributed by atoms with Crippen molar-refractivity contribution in [3.05, 3.63) is 51.7 Å². The molecule has 0 aliphatic carbocycles. The van der Waals surface area contributed by atoms with Gasteiger partial charge in [0.2, 0.25) is 0 Å². The molecule has 3 aromatic rings. The van der Waals surface area contributed by atoms with Crippen LogP contribution in [-0.4, -0.2) is 118 Å². The van der Waals surface area contributed by atoms with Crippen LogP contribution in [0.2, 0.25) is 0 Å². The van der Waals surface area contributed by atoms with Crippen LogP contribution in [0.15, 0.2) is 39.5 Å². The number of aromatic hydroxyl groups is 3. The molecule has 0 radical (unpaired) electrons. The van der Waals surface area contributed by atoms with Crippen molar-refractivity contribution in [1.29, 1.82) is 0 Å². The van der Waals surface area contributed by atoms with Crippen molar-refractivity contribution in [3.63, 3.8) is 0 Å². The minimum Gasteiger partial charge on any atom is -0.508 e. The summed E-state index contributed by atoms with van der Waals surface area (Å²) in [5.41, 5.74) is -2.48. The lowest BCUT2D eigenvalue weighted by molar-refractivity contribution is -0.234. The second-order valence-corrected chi connectivity index (χ2v) is 10.2. The Morgan fingerprint density at radius 1 is 0.643 bits per heavy atom. The average molecular weight is 595 g/mol. The van der Waals surface area contributed by atoms with E-state index in [-0.39, 0.29) is 17.1 Å². The number of benzene rings is 2. The molecular formula is C27H30O15. The Hall–Kier alpha value is -3.35. The molecule has 15 nitrogen and oxygen atoms in total. The average Bonchev–Trinajstić information content (AvgIpc) is 2.97. The Bertz CT molecular complexity index is 1500. The maximum Gasteiger partial charge on any atom is 0.197 e. The molecule has 2 fully saturated rings. The van der Waals surface area contributed by atoms with E-state index in [4.69, 9.17) is 13.9 Å². The molecule has 2 aliphatic rings. The van der Waals surface area contributed by atoms with E-state index in [2.05, 4.69) is 0 Å². The summed E-state index contributed by atoms with van der Waals surface area (Å²) in [6, 6.07) is 6.37. The highest BCUT2D eigenvalue weighted by molar-refractivity contribution is 5.92. The first-order valence-corrected chi connectivity index (χ1v) is 12.9. The van der Waals surface area contributed by atoms with E-state index in [1.165, 1.54) is 24.3 Å². The Kier molecular flexibility index (Phi) is 8.16. The van der Waals surface area contributed by atoms with Crippen molar-refractivity contribution in [3.8, 4) is 28.6 Å². The van der Waals surface area contributed by atoms with Gasteiger partial charge in [-0.05, 0) is 24.3 Å². The Labute approximate surface area is 235 Å². The Balaban J connectivity index is 1.82. The highest BCUT2D eigenvalue weighted by Gasteiger charge is 2.50. The number of fused-ring (bicyclic) bond motifs is 1. The van der Waals surface area contributed by atoms with Crippen LogP contribution in [0, 0.1) is 0 Å². The topological polar surface area (TPSA) is 271 Å². The summed E-state index contributed by atoms with van der Waals surface area (Å²) in [6.45, 7) is -1.70. The Morgan fingerprint density at radius 2 is 1.14 bits per heavy atom. The van der Waals surface area contributed by atoms with Crippen LogP contribution in [0.25, 0.3) is 22.3 Å². The number of hydrogen-bond acceptors (Lipinski definition) is 15. The first-order valence-electron chi connectivity index (χ1n) is 12.9. The van der Waals surface area contributed by atoms with E-state index in [1.54, 1.807) is 0 Å². The second-order valence-electron chi connectivity index (χ2n) is 10.2. The summed E-state index contributed by atoms with van der Waals surface area (Å²) < 4.78 is 17.0. The van der Waals surface area contributed by atoms with Gasteiger partial charge in [0.1, 0.15) is 89.4 Å². The molecule has 2 aromatic carbocycles. The van der Waals surface area contributed by atoms with Crippen molar-refractivity contribution >= 4 is 11.0 Å². The molecule has 2 aliphatic heterocycles. The number of aliphatic hydroxyl groups is 8. The molecule has 10 atom stereocenters. The van der Waals surface area contributed by atoms with Gasteiger partial charge >= 0.3 is 0 Å². The molecule has 228 valence electrons. The molecular weight excluding hydrogens is 564 g/mol. The third-order valence-electron chi connectivity index (χ3n) is 7.70. The van der Waals surface area contributed by atoms with Crippen molar-refractivity contribution < 1.29 is 70.1 Å². The lowest BCUT2D eigenvalue weighted by atomic mass is 9.85. The van der Waals surface area contributed by atoms with Crippen molar-refractivity contribution in [2.75, 3.05) is 13.2 Å². The number of phenolic OH excluding ortho intramolecular Hbond substituents is 3. The first-order chi connectivity index (χ1) is 19.9. The van der Waals surface area contributed by atoms with Crippen molar-refractivity contribution in [2.45, 2.75) is 61.0 Å². The standard InChI is InChI=1S/C27H30O15/c28-6-12-17(32)21(36)23(38)26(41-12)15-19(34)14-10(31)5-11(8-1-3-9(30)4-2-8)40-25(14)16(20(15)35)27-24(39)22(37)18(33)13(7-29)42-27/h1-5,12-13,17-18,21-24,26-30,32-39H,6-7H2/t12-,13-,17-,18-,21+,22+,23-,24-,26-,27-/m1/s1. The minimum atomic E-state index is -2.02. The molecule has 2 saturated heterocycles. The van der Waals surface area contributed by atoms with E-state index < -0.39 is 113 Å². The SMILES string of the molecule is O=c1cc(-c2ccc(O)cc2)oc2c([C@H]3O[C@H](CO)[C@@H](O)[C@H](O)[C@H]3O)c(O)c([C@H]3O[C@H](CO)[C@@H](O)[C@H](O)[C@H]3O)c(O)c12. The smallest absolute Gasteiger partial charge is 0.197 e. The lowest BCUT2D eigenvalue weighted by Gasteiger charge is -2.42. The summed E-state index contributed by atoms with van der Waals surface area (Å²) in [4.78, 5) is 13.5. The van der Waals surface area contributed by atoms with E-state index >= 15 is 0 Å². The van der Waals surface area contributed by atoms with Crippen LogP contribution >= 0.6 is 0 Å². The molecule has 0 amide bonds. The molecule has 5 rings (SSSR count). The summed E-state index contributed by atoms with van der Waals surface area (Å²) in [7, 11) is 0. The van der Waals surface area contributed by atoms with E-state index in [0.717, 1.165) is 6.07 Å². The third kappa shape index (κ3) is 4.79. The number of aliphatic hydroxyl groups excluding tert-OH is 8.